The van der Waals surface area contributed by atoms with Crippen molar-refractivity contribution in [1.29, 1.82) is 0 Å². The van der Waals surface area contributed by atoms with Gasteiger partial charge in [-0.2, -0.15) is 0 Å². The fourth-order valence-corrected chi connectivity index (χ4v) is 3.57. The molecule has 5 heteroatoms. The van der Waals surface area contributed by atoms with E-state index in [9.17, 15) is 0 Å². The van der Waals surface area contributed by atoms with E-state index >= 15 is 0 Å². The molecule has 2 atom stereocenters. The van der Waals surface area contributed by atoms with Crippen LogP contribution in [0, 0.1) is 0 Å². The third-order valence-corrected chi connectivity index (χ3v) is 4.70. The Labute approximate surface area is 129 Å². The number of likely N-dealkylation sites (N-methyl/N-ethyl adjacent to an activating group) is 1. The quantitative estimate of drug-likeness (QED) is 0.582. The maximum atomic E-state index is 5.68. The van der Waals surface area contributed by atoms with Crippen LogP contribution in [0.15, 0.2) is 0 Å². The van der Waals surface area contributed by atoms with Gasteiger partial charge in [-0.25, -0.2) is 0 Å². The zero-order valence-corrected chi connectivity index (χ0v) is 13.7. The number of piperidine rings is 1. The second-order valence-corrected chi connectivity index (χ2v) is 6.11. The van der Waals surface area contributed by atoms with Crippen molar-refractivity contribution in [3.05, 3.63) is 0 Å². The zero-order valence-electron chi connectivity index (χ0n) is 13.7. The summed E-state index contributed by atoms with van der Waals surface area (Å²) in [5, 5.41) is 3.72. The molecule has 2 bridgehead atoms. The third-order valence-electron chi connectivity index (χ3n) is 4.70. The van der Waals surface area contributed by atoms with E-state index in [2.05, 4.69) is 17.1 Å². The third kappa shape index (κ3) is 5.83. The van der Waals surface area contributed by atoms with E-state index in [1.54, 1.807) is 7.11 Å². The molecule has 1 N–H and O–H groups in total. The lowest BCUT2D eigenvalue weighted by Crippen LogP contribution is -2.49. The molecule has 124 valence electrons. The Morgan fingerprint density at radius 1 is 0.952 bits per heavy atom. The van der Waals surface area contributed by atoms with Crippen LogP contribution in [0.3, 0.4) is 0 Å². The Balaban J connectivity index is 1.53. The molecule has 2 fully saturated rings. The van der Waals surface area contributed by atoms with Gasteiger partial charge in [0.15, 0.2) is 0 Å². The van der Waals surface area contributed by atoms with E-state index in [1.807, 2.05) is 0 Å². The molecule has 0 aromatic heterocycles. The van der Waals surface area contributed by atoms with Gasteiger partial charge in [-0.3, -0.25) is 4.90 Å². The largest absolute Gasteiger partial charge is 0.382 e. The lowest BCUT2D eigenvalue weighted by Gasteiger charge is -2.37. The summed E-state index contributed by atoms with van der Waals surface area (Å²) >= 11 is 0. The molecule has 2 rings (SSSR count). The maximum absolute atomic E-state index is 5.68. The first kappa shape index (κ1) is 17.2. The number of hydrogen-bond donors (Lipinski definition) is 1. The van der Waals surface area contributed by atoms with Crippen molar-refractivity contribution in [3.8, 4) is 0 Å². The highest BCUT2D eigenvalue weighted by atomic mass is 16.5. The molecule has 0 aromatic carbocycles. The van der Waals surface area contributed by atoms with Crippen molar-refractivity contribution in [2.45, 2.75) is 50.7 Å². The highest BCUT2D eigenvalue weighted by Crippen LogP contribution is 2.29. The second kappa shape index (κ2) is 9.74. The van der Waals surface area contributed by atoms with Gasteiger partial charge in [0.2, 0.25) is 0 Å². The Morgan fingerprint density at radius 2 is 1.57 bits per heavy atom. The monoisotopic (exact) mass is 300 g/mol. The summed E-state index contributed by atoms with van der Waals surface area (Å²) < 4.78 is 16.0. The molecule has 2 saturated heterocycles. The number of rotatable bonds is 11. The van der Waals surface area contributed by atoms with Crippen LogP contribution in [-0.2, 0) is 14.2 Å². The van der Waals surface area contributed by atoms with Gasteiger partial charge >= 0.3 is 0 Å². The molecule has 2 aliphatic heterocycles. The predicted molar refractivity (Wildman–Crippen MR) is 83.7 cm³/mol. The Bertz CT molecular complexity index is 266. The first-order valence-electron chi connectivity index (χ1n) is 8.48. The van der Waals surface area contributed by atoms with Gasteiger partial charge in [0.25, 0.3) is 0 Å². The average molecular weight is 300 g/mol. The van der Waals surface area contributed by atoms with Crippen LogP contribution in [0.25, 0.3) is 0 Å². The molecule has 5 nitrogen and oxygen atoms in total. The maximum Gasteiger partial charge on any atom is 0.0701 e. The summed E-state index contributed by atoms with van der Waals surface area (Å²) in [6, 6.07) is 2.27. The molecule has 2 unspecified atom stereocenters. The SMILES string of the molecule is CCN(CCOCCOCCOC)C1CC2CCC(C1)N2. The van der Waals surface area contributed by atoms with Crippen molar-refractivity contribution in [3.63, 3.8) is 0 Å². The Morgan fingerprint density at radius 3 is 2.19 bits per heavy atom. The van der Waals surface area contributed by atoms with E-state index in [0.717, 1.165) is 37.8 Å². The molecular formula is C16H32N2O3. The Kier molecular flexibility index (Phi) is 7.96. The summed E-state index contributed by atoms with van der Waals surface area (Å²) in [4.78, 5) is 2.60. The van der Waals surface area contributed by atoms with Gasteiger partial charge in [-0.15, -0.1) is 0 Å². The van der Waals surface area contributed by atoms with E-state index in [4.69, 9.17) is 14.2 Å². The van der Waals surface area contributed by atoms with Gasteiger partial charge in [0.05, 0.1) is 33.0 Å². The minimum atomic E-state index is 0.652. The second-order valence-electron chi connectivity index (χ2n) is 6.11. The molecule has 0 amide bonds. The van der Waals surface area contributed by atoms with Crippen molar-refractivity contribution in [2.75, 3.05) is 53.2 Å². The zero-order chi connectivity index (χ0) is 14.9. The van der Waals surface area contributed by atoms with Crippen LogP contribution in [0.1, 0.15) is 32.6 Å². The van der Waals surface area contributed by atoms with Gasteiger partial charge in [-0.05, 0) is 32.2 Å². The van der Waals surface area contributed by atoms with Crippen LogP contribution in [0.4, 0.5) is 0 Å². The van der Waals surface area contributed by atoms with Crippen molar-refractivity contribution in [1.82, 2.24) is 10.2 Å². The molecule has 2 aliphatic rings. The number of hydrogen-bond acceptors (Lipinski definition) is 5. The van der Waals surface area contributed by atoms with Gasteiger partial charge in [0.1, 0.15) is 0 Å². The number of nitrogens with zero attached hydrogens (tertiary/aromatic N) is 1. The molecule has 0 spiro atoms. The van der Waals surface area contributed by atoms with Crippen LogP contribution in [-0.4, -0.2) is 76.3 Å². The molecule has 2 heterocycles. The summed E-state index contributed by atoms with van der Waals surface area (Å²) in [5.74, 6) is 0. The van der Waals surface area contributed by atoms with E-state index in [0.29, 0.717) is 26.4 Å². The molecule has 0 radical (unpaired) electrons. The van der Waals surface area contributed by atoms with Crippen LogP contribution < -0.4 is 5.32 Å². The van der Waals surface area contributed by atoms with Crippen LogP contribution in [0.2, 0.25) is 0 Å². The fourth-order valence-electron chi connectivity index (χ4n) is 3.57. The molecular weight excluding hydrogens is 268 g/mol. The molecule has 21 heavy (non-hydrogen) atoms. The van der Waals surface area contributed by atoms with Crippen LogP contribution >= 0.6 is 0 Å². The summed E-state index contributed by atoms with van der Waals surface area (Å²) in [6.07, 6.45) is 5.36. The van der Waals surface area contributed by atoms with Gasteiger partial charge in [0, 0.05) is 31.8 Å². The first-order chi connectivity index (χ1) is 10.3. The van der Waals surface area contributed by atoms with Gasteiger partial charge < -0.3 is 19.5 Å². The normalized spacial score (nSPS) is 28.4. The minimum Gasteiger partial charge on any atom is -0.382 e. The molecule has 0 aromatic rings. The number of methoxy groups -OCH3 is 1. The van der Waals surface area contributed by atoms with Gasteiger partial charge in [-0.1, -0.05) is 6.92 Å². The minimum absolute atomic E-state index is 0.652. The topological polar surface area (TPSA) is 43.0 Å². The predicted octanol–water partition coefficient (Wildman–Crippen LogP) is 1.27. The summed E-state index contributed by atoms with van der Waals surface area (Å²) in [7, 11) is 1.69. The highest BCUT2D eigenvalue weighted by Gasteiger charge is 2.35. The number of ether oxygens (including phenoxy) is 3. The summed E-state index contributed by atoms with van der Waals surface area (Å²) in [6.45, 7) is 7.88. The Hall–Kier alpha value is -0.200. The van der Waals surface area contributed by atoms with E-state index in [-0.39, 0.29) is 0 Å². The smallest absolute Gasteiger partial charge is 0.0701 e. The molecule has 0 saturated carbocycles. The highest BCUT2D eigenvalue weighted by molar-refractivity contribution is 4.95. The van der Waals surface area contributed by atoms with E-state index in [1.165, 1.54) is 25.7 Å². The number of nitrogens with one attached hydrogen (secondary N) is 1. The van der Waals surface area contributed by atoms with Crippen molar-refractivity contribution < 1.29 is 14.2 Å². The van der Waals surface area contributed by atoms with Crippen molar-refractivity contribution >= 4 is 0 Å². The van der Waals surface area contributed by atoms with Crippen molar-refractivity contribution in [2.24, 2.45) is 0 Å². The summed E-state index contributed by atoms with van der Waals surface area (Å²) in [5.41, 5.74) is 0. The van der Waals surface area contributed by atoms with E-state index < -0.39 is 0 Å². The number of fused-ring (bicyclic) bond motifs is 2. The standard InChI is InChI=1S/C16H32N2O3/c1-3-18(6-7-20-10-11-21-9-8-19-2)16-12-14-4-5-15(13-16)17-14/h14-17H,3-13H2,1-2H3. The lowest BCUT2D eigenvalue weighted by atomic mass is 9.98. The fraction of sp³-hybridized carbons (Fsp3) is 1.00. The lowest BCUT2D eigenvalue weighted by molar-refractivity contribution is 0.0147. The molecule has 0 aliphatic carbocycles. The first-order valence-corrected chi connectivity index (χ1v) is 8.48. The average Bonchev–Trinajstić information content (AvgIpc) is 2.84. The van der Waals surface area contributed by atoms with Crippen LogP contribution in [0.5, 0.6) is 0 Å².